The summed E-state index contributed by atoms with van der Waals surface area (Å²) < 4.78 is 4.55. The molecule has 8 rings (SSSR count). The predicted molar refractivity (Wildman–Crippen MR) is 137 cm³/mol. The molecule has 0 N–H and O–H groups in total. The molecule has 2 atom stereocenters. The van der Waals surface area contributed by atoms with Crippen LogP contribution in [-0.4, -0.2) is 0 Å². The first-order valence-electron chi connectivity index (χ1n) is 11.2. The number of allylic oxidation sites excluding steroid dienone is 2. The van der Waals surface area contributed by atoms with Gasteiger partial charge in [0, 0.05) is 0 Å². The smallest absolute Gasteiger partial charge is 1.00 e. The number of fused-ring (bicyclic) bond motifs is 3. The van der Waals surface area contributed by atoms with E-state index in [9.17, 15) is 0 Å². The second kappa shape index (κ2) is 10.2. The summed E-state index contributed by atoms with van der Waals surface area (Å²) in [7, 11) is 0. The van der Waals surface area contributed by atoms with E-state index < -0.39 is 23.2 Å². The maximum atomic E-state index is 3.88. The van der Waals surface area contributed by atoms with Gasteiger partial charge in [0.05, 0.1) is 0 Å². The molecule has 0 amide bonds. The molecule has 0 fully saturated rings. The van der Waals surface area contributed by atoms with Crippen molar-refractivity contribution >= 4 is 39.8 Å². The van der Waals surface area contributed by atoms with Crippen molar-refractivity contribution < 1.29 is 48.0 Å². The molecule has 0 saturated heterocycles. The van der Waals surface area contributed by atoms with Crippen molar-refractivity contribution in [1.82, 2.24) is 0 Å². The SMILES string of the molecule is Brc1cccc2c1C(c1ccccc1)[C]([Zr+2][C]1=Cc3c4cccc3C1c1ccc(cc1)S4)=C2.[Cl-].[Cl-]. The summed E-state index contributed by atoms with van der Waals surface area (Å²) in [6, 6.07) is 33.9. The largest absolute Gasteiger partial charge is 1.00 e. The average molecular weight is 654 g/mol. The van der Waals surface area contributed by atoms with E-state index in [1.54, 1.807) is 6.56 Å². The van der Waals surface area contributed by atoms with E-state index in [1.807, 2.05) is 11.8 Å². The maximum absolute atomic E-state index is 3.88. The molecule has 0 aromatic heterocycles. The van der Waals surface area contributed by atoms with Gasteiger partial charge in [0.1, 0.15) is 0 Å². The van der Waals surface area contributed by atoms with Crippen LogP contribution in [0.3, 0.4) is 0 Å². The van der Waals surface area contributed by atoms with Crippen LogP contribution in [0.5, 0.6) is 0 Å². The Labute approximate surface area is 242 Å². The fourth-order valence-corrected chi connectivity index (χ4v) is 11.2. The molecule has 4 aliphatic rings. The second-order valence-electron chi connectivity index (χ2n) is 8.77. The second-order valence-corrected chi connectivity index (χ2v) is 14.2. The monoisotopic (exact) mass is 650 g/mol. The van der Waals surface area contributed by atoms with E-state index in [0.717, 1.165) is 0 Å². The number of halogens is 3. The van der Waals surface area contributed by atoms with Crippen molar-refractivity contribution in [2.45, 2.75) is 21.6 Å². The number of benzene rings is 4. The van der Waals surface area contributed by atoms with Crippen molar-refractivity contribution in [2.75, 3.05) is 0 Å². The summed E-state index contributed by atoms with van der Waals surface area (Å²) in [6.45, 7) is 0. The Morgan fingerprint density at radius 1 is 0.657 bits per heavy atom. The third-order valence-electron chi connectivity index (χ3n) is 6.88. The van der Waals surface area contributed by atoms with Gasteiger partial charge >= 0.3 is 220 Å². The van der Waals surface area contributed by atoms with Gasteiger partial charge in [-0.1, -0.05) is 0 Å². The van der Waals surface area contributed by atoms with E-state index in [2.05, 4.69) is 119 Å². The van der Waals surface area contributed by atoms with Crippen LogP contribution < -0.4 is 24.8 Å². The van der Waals surface area contributed by atoms with E-state index in [4.69, 9.17) is 0 Å². The van der Waals surface area contributed by atoms with Crippen LogP contribution in [-0.2, 0) is 23.2 Å². The van der Waals surface area contributed by atoms with Gasteiger partial charge in [0.25, 0.3) is 0 Å². The maximum Gasteiger partial charge on any atom is -1.00 e. The Balaban J connectivity index is 0.00000127. The van der Waals surface area contributed by atoms with Crippen LogP contribution in [0, 0.1) is 0 Å². The molecule has 0 radical (unpaired) electrons. The molecule has 0 saturated carbocycles. The Morgan fingerprint density at radius 2 is 1.37 bits per heavy atom. The summed E-state index contributed by atoms with van der Waals surface area (Å²) in [4.78, 5) is 2.72. The normalized spacial score (nSPS) is 18.1. The molecule has 5 heteroatoms. The topological polar surface area (TPSA) is 0 Å². The van der Waals surface area contributed by atoms with Crippen molar-refractivity contribution in [3.8, 4) is 0 Å². The van der Waals surface area contributed by atoms with Gasteiger partial charge in [0.2, 0.25) is 0 Å². The number of hydrogen-bond acceptors (Lipinski definition) is 1. The standard InChI is InChI=1S/C15H10Br.C15H9S.2ClH.Zr/c16-14-8-4-7-12-9-10-13(15(12)14)11-5-2-1-3-6-11;1-2-13-12-8-9-14(13)15(3-1)16-11-6-4-10(12)5-7-11;;;/h1-9,13H;1-7,9,12H;2*1H;/q;;;;+2/p-2. The van der Waals surface area contributed by atoms with Gasteiger partial charge in [-0.15, -0.1) is 0 Å². The van der Waals surface area contributed by atoms with Gasteiger partial charge in [-0.05, 0) is 0 Å². The third kappa shape index (κ3) is 4.28. The van der Waals surface area contributed by atoms with Crippen LogP contribution >= 0.6 is 27.7 Å². The summed E-state index contributed by atoms with van der Waals surface area (Å²) in [6.07, 6.45) is 5.07. The first-order chi connectivity index (χ1) is 16.3. The summed E-state index contributed by atoms with van der Waals surface area (Å²) >= 11 is 4.75. The quantitative estimate of drug-likeness (QED) is 0.328. The molecule has 4 aromatic carbocycles. The molecule has 2 aliphatic carbocycles. The minimum atomic E-state index is -1.03. The summed E-state index contributed by atoms with van der Waals surface area (Å²) in [5, 5.41) is 0. The van der Waals surface area contributed by atoms with Gasteiger partial charge < -0.3 is 24.8 Å². The molecular weight excluding hydrogens is 634 g/mol. The van der Waals surface area contributed by atoms with Gasteiger partial charge in [-0.3, -0.25) is 0 Å². The molecule has 35 heavy (non-hydrogen) atoms. The minimum Gasteiger partial charge on any atom is -1.00 e. The molecule has 0 spiro atoms. The Bertz CT molecular complexity index is 1480. The molecule has 6 bridgehead atoms. The Kier molecular flexibility index (Phi) is 7.37. The van der Waals surface area contributed by atoms with Gasteiger partial charge in [-0.2, -0.15) is 0 Å². The van der Waals surface area contributed by atoms with Crippen LogP contribution in [0.4, 0.5) is 0 Å². The van der Waals surface area contributed by atoms with Crippen molar-refractivity contribution in [2.24, 2.45) is 0 Å². The molecule has 4 aromatic rings. The zero-order chi connectivity index (χ0) is 21.9. The van der Waals surface area contributed by atoms with Crippen LogP contribution in [0.2, 0.25) is 0 Å². The van der Waals surface area contributed by atoms with E-state index in [1.165, 1.54) is 47.6 Å². The fourth-order valence-electron chi connectivity index (χ4n) is 5.44. The van der Waals surface area contributed by atoms with Crippen LogP contribution in [0.15, 0.2) is 112 Å². The Hall–Kier alpha value is -1.35. The van der Waals surface area contributed by atoms with Gasteiger partial charge in [0.15, 0.2) is 0 Å². The summed E-state index contributed by atoms with van der Waals surface area (Å²) in [5.41, 5.74) is 8.62. The third-order valence-corrected chi connectivity index (χ3v) is 12.2. The molecule has 2 unspecified atom stereocenters. The molecule has 0 nitrogen and oxygen atoms in total. The van der Waals surface area contributed by atoms with Gasteiger partial charge in [-0.25, -0.2) is 0 Å². The molecular formula is C30H19BrCl2SZr. The molecule has 2 aliphatic heterocycles. The van der Waals surface area contributed by atoms with E-state index >= 15 is 0 Å². The van der Waals surface area contributed by atoms with Crippen LogP contribution in [0.25, 0.3) is 12.2 Å². The predicted octanol–water partition coefficient (Wildman–Crippen LogP) is 2.68. The van der Waals surface area contributed by atoms with E-state index in [0.29, 0.717) is 11.8 Å². The molecule has 170 valence electrons. The van der Waals surface area contributed by atoms with Crippen molar-refractivity contribution in [3.63, 3.8) is 0 Å². The number of hydrogen-bond donors (Lipinski definition) is 0. The van der Waals surface area contributed by atoms with Crippen LogP contribution in [0.1, 0.15) is 45.2 Å². The fraction of sp³-hybridized carbons (Fsp3) is 0.0667. The van der Waals surface area contributed by atoms with Crippen molar-refractivity contribution in [3.05, 3.63) is 135 Å². The summed E-state index contributed by atoms with van der Waals surface area (Å²) in [5.74, 6) is 0.765. The molecule has 2 heterocycles. The zero-order valence-corrected chi connectivity index (χ0v) is 24.9. The van der Waals surface area contributed by atoms with E-state index in [-0.39, 0.29) is 24.8 Å². The zero-order valence-electron chi connectivity index (χ0n) is 18.5. The minimum absolute atomic E-state index is 0. The first kappa shape index (κ1) is 25.3. The number of rotatable bonds is 3. The van der Waals surface area contributed by atoms with Crippen molar-refractivity contribution in [1.29, 1.82) is 0 Å². The average Bonchev–Trinajstić information content (AvgIpc) is 3.40. The Morgan fingerprint density at radius 3 is 2.17 bits per heavy atom. The first-order valence-corrected chi connectivity index (χ1v) is 15.3.